The van der Waals surface area contributed by atoms with Crippen LogP contribution in [0.4, 0.5) is 0 Å². The lowest BCUT2D eigenvalue weighted by Gasteiger charge is -2.46. The van der Waals surface area contributed by atoms with Gasteiger partial charge in [-0.1, -0.05) is 30.7 Å². The highest BCUT2D eigenvalue weighted by atomic mass is 16.5. The van der Waals surface area contributed by atoms with E-state index in [4.69, 9.17) is 10.1 Å². The van der Waals surface area contributed by atoms with E-state index in [1.54, 1.807) is 26.0 Å². The van der Waals surface area contributed by atoms with Crippen LogP contribution >= 0.6 is 0 Å². The van der Waals surface area contributed by atoms with Crippen molar-refractivity contribution in [3.05, 3.63) is 34.9 Å². The molecule has 0 saturated heterocycles. The fourth-order valence-corrected chi connectivity index (χ4v) is 4.59. The molecule has 2 rings (SSSR count). The second kappa shape index (κ2) is 8.34. The van der Waals surface area contributed by atoms with Crippen molar-refractivity contribution in [2.24, 2.45) is 17.8 Å². The zero-order chi connectivity index (χ0) is 22.1. The molecule has 0 aliphatic heterocycles. The molecule has 0 radical (unpaired) electrons. The number of esters is 1. The molecule has 0 aromatic carbocycles. The minimum absolute atomic E-state index is 0.0564. The summed E-state index contributed by atoms with van der Waals surface area (Å²) in [5.74, 6) is -3.59. The Bertz CT molecular complexity index is 806. The Morgan fingerprint density at radius 1 is 1.34 bits per heavy atom. The maximum absolute atomic E-state index is 12.8. The highest BCUT2D eigenvalue weighted by Crippen LogP contribution is 2.52. The molecule has 0 saturated carbocycles. The number of Topliss-reactive ketones (excluding diaryl/α,β-unsaturated/α-hetero) is 1. The standard InChI is InChI=1S/C22H31NO6/c1-12(2)6-17-9-16(11-24)10-21(27)18(7-13(3)20(21)26)22(17,28)14(4)8-19(23)29-15(5)25/h6-7,9,14,17-18,23-24,27-28H,8,10-11H2,1-5H3/t14-,17-,18-,21-,22-/m1/s1. The van der Waals surface area contributed by atoms with Gasteiger partial charge in [0.05, 0.1) is 12.2 Å². The summed E-state index contributed by atoms with van der Waals surface area (Å²) in [6, 6.07) is 0. The van der Waals surface area contributed by atoms with E-state index < -0.39 is 40.7 Å². The number of fused-ring (bicyclic) bond motifs is 1. The molecule has 5 atom stereocenters. The van der Waals surface area contributed by atoms with Crippen molar-refractivity contribution in [1.82, 2.24) is 0 Å². The van der Waals surface area contributed by atoms with E-state index in [1.165, 1.54) is 6.92 Å². The quantitative estimate of drug-likeness (QED) is 0.240. The molecule has 160 valence electrons. The summed E-state index contributed by atoms with van der Waals surface area (Å²) in [4.78, 5) is 24.0. The molecule has 0 amide bonds. The molecular weight excluding hydrogens is 374 g/mol. The average Bonchev–Trinajstić information content (AvgIpc) is 2.77. The zero-order valence-corrected chi connectivity index (χ0v) is 17.7. The summed E-state index contributed by atoms with van der Waals surface area (Å²) in [6.45, 7) is 7.89. The van der Waals surface area contributed by atoms with Crippen LogP contribution in [0.15, 0.2) is 34.9 Å². The lowest BCUT2D eigenvalue weighted by atomic mass is 9.64. The second-order valence-electron chi connectivity index (χ2n) is 8.52. The third kappa shape index (κ3) is 4.27. The Morgan fingerprint density at radius 2 is 1.97 bits per heavy atom. The van der Waals surface area contributed by atoms with Crippen LogP contribution in [0, 0.1) is 23.2 Å². The number of rotatable bonds is 5. The van der Waals surface area contributed by atoms with Crippen molar-refractivity contribution >= 4 is 17.7 Å². The Kier molecular flexibility index (Phi) is 6.67. The summed E-state index contributed by atoms with van der Waals surface area (Å²) < 4.78 is 4.84. The van der Waals surface area contributed by atoms with E-state index >= 15 is 0 Å². The van der Waals surface area contributed by atoms with Gasteiger partial charge in [-0.25, -0.2) is 0 Å². The molecule has 0 aromatic heterocycles. The molecular formula is C22H31NO6. The average molecular weight is 405 g/mol. The van der Waals surface area contributed by atoms with Crippen LogP contribution in [0.25, 0.3) is 0 Å². The number of allylic oxidation sites excluding steroid dienone is 1. The van der Waals surface area contributed by atoms with E-state index in [-0.39, 0.29) is 25.3 Å². The SMILES string of the molecule is CC(=O)OC(=N)C[C@@H](C)[C@@]1(O)[C@H](C=C(C)C)C=C(CO)C[C@]2(O)C(=O)C(C)=C[C@@H]12. The highest BCUT2D eigenvalue weighted by molar-refractivity contribution is 6.04. The number of aliphatic hydroxyl groups is 3. The molecule has 2 aliphatic carbocycles. The zero-order valence-electron chi connectivity index (χ0n) is 17.7. The maximum Gasteiger partial charge on any atom is 0.309 e. The van der Waals surface area contributed by atoms with E-state index in [0.717, 1.165) is 5.57 Å². The van der Waals surface area contributed by atoms with Crippen molar-refractivity contribution in [1.29, 1.82) is 5.41 Å². The van der Waals surface area contributed by atoms with Crippen LogP contribution in [0.1, 0.15) is 47.5 Å². The predicted octanol–water partition coefficient (Wildman–Crippen LogP) is 2.07. The van der Waals surface area contributed by atoms with Gasteiger partial charge in [-0.05, 0) is 37.8 Å². The molecule has 7 heteroatoms. The summed E-state index contributed by atoms with van der Waals surface area (Å²) in [5.41, 5.74) is -1.79. The van der Waals surface area contributed by atoms with E-state index in [2.05, 4.69) is 0 Å². The molecule has 0 unspecified atom stereocenters. The van der Waals surface area contributed by atoms with E-state index in [0.29, 0.717) is 11.1 Å². The summed E-state index contributed by atoms with van der Waals surface area (Å²) in [6.07, 6.45) is 4.99. The Hall–Kier alpha value is -2.09. The molecule has 2 aliphatic rings. The van der Waals surface area contributed by atoms with E-state index in [9.17, 15) is 24.9 Å². The third-order valence-corrected chi connectivity index (χ3v) is 5.89. The van der Waals surface area contributed by atoms with Gasteiger partial charge < -0.3 is 20.1 Å². The number of ether oxygens (including phenoxy) is 1. The number of carbonyl (C=O) groups is 2. The van der Waals surface area contributed by atoms with Crippen molar-refractivity contribution < 1.29 is 29.6 Å². The Morgan fingerprint density at radius 3 is 2.48 bits per heavy atom. The minimum atomic E-state index is -1.88. The molecule has 0 bridgehead atoms. The van der Waals surface area contributed by atoms with Gasteiger partial charge >= 0.3 is 5.97 Å². The van der Waals surface area contributed by atoms with Gasteiger partial charge in [-0.3, -0.25) is 15.0 Å². The van der Waals surface area contributed by atoms with Gasteiger partial charge in [0, 0.05) is 31.6 Å². The number of ketones is 1. The normalized spacial score (nSPS) is 32.5. The first kappa shape index (κ1) is 23.2. The number of hydrogen-bond acceptors (Lipinski definition) is 7. The van der Waals surface area contributed by atoms with Crippen LogP contribution in [0.5, 0.6) is 0 Å². The van der Waals surface area contributed by atoms with Gasteiger partial charge in [0.1, 0.15) is 5.60 Å². The van der Waals surface area contributed by atoms with Crippen molar-refractivity contribution in [2.45, 2.75) is 58.7 Å². The largest absolute Gasteiger partial charge is 0.412 e. The first-order chi connectivity index (χ1) is 13.4. The number of aliphatic hydroxyl groups excluding tert-OH is 1. The third-order valence-electron chi connectivity index (χ3n) is 5.89. The predicted molar refractivity (Wildman–Crippen MR) is 108 cm³/mol. The van der Waals surface area contributed by atoms with Crippen LogP contribution in [0.3, 0.4) is 0 Å². The topological polar surface area (TPSA) is 128 Å². The van der Waals surface area contributed by atoms with Crippen molar-refractivity contribution in [3.8, 4) is 0 Å². The van der Waals surface area contributed by atoms with Crippen molar-refractivity contribution in [3.63, 3.8) is 0 Å². The fourth-order valence-electron chi connectivity index (χ4n) is 4.59. The van der Waals surface area contributed by atoms with Gasteiger partial charge in [-0.2, -0.15) is 0 Å². The Labute approximate surface area is 171 Å². The molecule has 0 fully saturated rings. The van der Waals surface area contributed by atoms with Crippen LogP contribution in [-0.4, -0.2) is 50.8 Å². The number of carbonyl (C=O) groups excluding carboxylic acids is 2. The smallest absolute Gasteiger partial charge is 0.309 e. The second-order valence-corrected chi connectivity index (χ2v) is 8.52. The number of nitrogens with one attached hydrogen (secondary N) is 1. The molecule has 0 spiro atoms. The lowest BCUT2D eigenvalue weighted by molar-refractivity contribution is -0.156. The van der Waals surface area contributed by atoms with Crippen LogP contribution in [-0.2, 0) is 14.3 Å². The molecule has 0 heterocycles. The summed E-state index contributed by atoms with van der Waals surface area (Å²) in [5, 5.41) is 41.2. The fraction of sp³-hybridized carbons (Fsp3) is 0.591. The van der Waals surface area contributed by atoms with Gasteiger partial charge in [-0.15, -0.1) is 0 Å². The van der Waals surface area contributed by atoms with Gasteiger partial charge in [0.2, 0.25) is 0 Å². The molecule has 0 aromatic rings. The molecule has 29 heavy (non-hydrogen) atoms. The first-order valence-corrected chi connectivity index (χ1v) is 9.75. The van der Waals surface area contributed by atoms with Gasteiger partial charge in [0.25, 0.3) is 0 Å². The minimum Gasteiger partial charge on any atom is -0.412 e. The van der Waals surface area contributed by atoms with Crippen LogP contribution in [0.2, 0.25) is 0 Å². The maximum atomic E-state index is 12.8. The van der Waals surface area contributed by atoms with Crippen molar-refractivity contribution in [2.75, 3.05) is 6.61 Å². The lowest BCUT2D eigenvalue weighted by Crippen LogP contribution is -2.57. The highest BCUT2D eigenvalue weighted by Gasteiger charge is 2.61. The van der Waals surface area contributed by atoms with Crippen LogP contribution < -0.4 is 0 Å². The number of hydrogen-bond donors (Lipinski definition) is 4. The summed E-state index contributed by atoms with van der Waals surface area (Å²) >= 11 is 0. The van der Waals surface area contributed by atoms with E-state index in [1.807, 2.05) is 19.9 Å². The first-order valence-electron chi connectivity index (χ1n) is 9.75. The molecule has 4 N–H and O–H groups in total. The monoisotopic (exact) mass is 405 g/mol. The Balaban J connectivity index is 2.63. The van der Waals surface area contributed by atoms with Gasteiger partial charge in [0.15, 0.2) is 11.7 Å². The molecule has 7 nitrogen and oxygen atoms in total. The summed E-state index contributed by atoms with van der Waals surface area (Å²) in [7, 11) is 0.